The summed E-state index contributed by atoms with van der Waals surface area (Å²) in [6.45, 7) is 4.59. The number of hydrogen-bond donors (Lipinski definition) is 2. The summed E-state index contributed by atoms with van der Waals surface area (Å²) in [6, 6.07) is -0.0592. The summed E-state index contributed by atoms with van der Waals surface area (Å²) in [6.07, 6.45) is 11.0. The Kier molecular flexibility index (Phi) is 5.33. The third kappa shape index (κ3) is 3.95. The molecule has 0 aromatic rings. The molecule has 1 fully saturated rings. The van der Waals surface area contributed by atoms with Gasteiger partial charge in [-0.25, -0.2) is 0 Å². The lowest BCUT2D eigenvalue weighted by molar-refractivity contribution is -0.121. The summed E-state index contributed by atoms with van der Waals surface area (Å²) < 4.78 is 0. The SMILES string of the molecule is CCC(O)/C=C/C=C(C)/C=C/C(=O)NC1=CC(=O)C2CCN12. The predicted molar refractivity (Wildman–Crippen MR) is 84.7 cm³/mol. The second-order valence-electron chi connectivity index (χ2n) is 5.52. The molecular weight excluding hydrogens is 280 g/mol. The molecule has 2 atom stereocenters. The van der Waals surface area contributed by atoms with Gasteiger partial charge in [-0.3, -0.25) is 9.59 Å². The van der Waals surface area contributed by atoms with Crippen molar-refractivity contribution in [1.29, 1.82) is 0 Å². The molecule has 0 saturated carbocycles. The topological polar surface area (TPSA) is 69.6 Å². The third-order valence-corrected chi connectivity index (χ3v) is 3.80. The fourth-order valence-electron chi connectivity index (χ4n) is 2.30. The van der Waals surface area contributed by atoms with Crippen LogP contribution in [-0.2, 0) is 9.59 Å². The number of rotatable bonds is 6. The molecule has 5 nitrogen and oxygen atoms in total. The van der Waals surface area contributed by atoms with E-state index in [4.69, 9.17) is 0 Å². The number of aliphatic hydroxyl groups is 1. The van der Waals surface area contributed by atoms with E-state index < -0.39 is 6.10 Å². The van der Waals surface area contributed by atoms with Crippen LogP contribution in [0.3, 0.4) is 0 Å². The molecule has 0 bridgehead atoms. The van der Waals surface area contributed by atoms with Crippen LogP contribution in [0.25, 0.3) is 0 Å². The lowest BCUT2D eigenvalue weighted by atomic mass is 10.0. The predicted octanol–water partition coefficient (Wildman–Crippen LogP) is 1.43. The Balaban J connectivity index is 1.84. The summed E-state index contributed by atoms with van der Waals surface area (Å²) in [4.78, 5) is 25.3. The van der Waals surface area contributed by atoms with Gasteiger partial charge in [0.2, 0.25) is 5.91 Å². The zero-order chi connectivity index (χ0) is 16.1. The number of hydrogen-bond acceptors (Lipinski definition) is 4. The van der Waals surface area contributed by atoms with Crippen LogP contribution in [0, 0.1) is 0 Å². The standard InChI is InChI=1S/C17H22N2O3/c1-3-13(20)6-4-5-12(2)7-8-17(22)18-16-11-15(21)14-9-10-19(14)16/h4-8,11,13-14,20H,3,9-10H2,1-2H3,(H,18,22)/b6-4+,8-7+,12-5+. The zero-order valence-electron chi connectivity index (χ0n) is 13.0. The highest BCUT2D eigenvalue weighted by atomic mass is 16.3. The van der Waals surface area contributed by atoms with Gasteiger partial charge in [-0.15, -0.1) is 0 Å². The number of amides is 1. The van der Waals surface area contributed by atoms with Gasteiger partial charge in [-0.1, -0.05) is 36.8 Å². The van der Waals surface area contributed by atoms with Crippen molar-refractivity contribution in [3.8, 4) is 0 Å². The van der Waals surface area contributed by atoms with Gasteiger partial charge in [0.1, 0.15) is 5.82 Å². The lowest BCUT2D eigenvalue weighted by Crippen LogP contribution is -2.49. The normalized spacial score (nSPS) is 22.8. The van der Waals surface area contributed by atoms with E-state index in [0.29, 0.717) is 12.2 Å². The fourth-order valence-corrected chi connectivity index (χ4v) is 2.30. The molecule has 2 aliphatic heterocycles. The van der Waals surface area contributed by atoms with Crippen molar-refractivity contribution < 1.29 is 14.7 Å². The second-order valence-corrected chi connectivity index (χ2v) is 5.52. The van der Waals surface area contributed by atoms with Gasteiger partial charge in [0.15, 0.2) is 5.78 Å². The molecule has 0 aliphatic carbocycles. The first-order valence-electron chi connectivity index (χ1n) is 7.55. The van der Waals surface area contributed by atoms with E-state index in [-0.39, 0.29) is 17.7 Å². The monoisotopic (exact) mass is 302 g/mol. The molecule has 0 aromatic heterocycles. The molecule has 2 N–H and O–H groups in total. The second kappa shape index (κ2) is 7.22. The van der Waals surface area contributed by atoms with Crippen molar-refractivity contribution in [1.82, 2.24) is 10.2 Å². The number of allylic oxidation sites excluding steroid dienone is 4. The van der Waals surface area contributed by atoms with Crippen LogP contribution in [0.4, 0.5) is 0 Å². The Hall–Kier alpha value is -2.14. The first-order chi connectivity index (χ1) is 10.5. The van der Waals surface area contributed by atoms with Gasteiger partial charge in [0.25, 0.3) is 0 Å². The largest absolute Gasteiger partial charge is 0.389 e. The molecule has 22 heavy (non-hydrogen) atoms. The Morgan fingerprint density at radius 3 is 2.91 bits per heavy atom. The van der Waals surface area contributed by atoms with Gasteiger partial charge in [0, 0.05) is 18.7 Å². The van der Waals surface area contributed by atoms with Crippen molar-refractivity contribution in [2.75, 3.05) is 6.54 Å². The maximum absolute atomic E-state index is 11.9. The summed E-state index contributed by atoms with van der Waals surface area (Å²) in [5, 5.41) is 12.1. The van der Waals surface area contributed by atoms with Crippen LogP contribution in [0.5, 0.6) is 0 Å². The van der Waals surface area contributed by atoms with Crippen LogP contribution in [0.1, 0.15) is 26.7 Å². The minimum atomic E-state index is -0.437. The maximum atomic E-state index is 11.9. The van der Waals surface area contributed by atoms with Gasteiger partial charge < -0.3 is 15.3 Å². The van der Waals surface area contributed by atoms with E-state index in [0.717, 1.165) is 18.5 Å². The summed E-state index contributed by atoms with van der Waals surface area (Å²) >= 11 is 0. The quantitative estimate of drug-likeness (QED) is 0.575. The average Bonchev–Trinajstić information content (AvgIpc) is 2.63. The minimum Gasteiger partial charge on any atom is -0.389 e. The number of ketones is 1. The molecule has 5 heteroatoms. The van der Waals surface area contributed by atoms with E-state index in [9.17, 15) is 14.7 Å². The Bertz CT molecular complexity index is 572. The summed E-state index contributed by atoms with van der Waals surface area (Å²) in [5.41, 5.74) is 0.896. The van der Waals surface area contributed by atoms with Crippen molar-refractivity contribution >= 4 is 11.7 Å². The van der Waals surface area contributed by atoms with Crippen molar-refractivity contribution in [2.45, 2.75) is 38.8 Å². The third-order valence-electron chi connectivity index (χ3n) is 3.80. The Morgan fingerprint density at radius 2 is 2.32 bits per heavy atom. The van der Waals surface area contributed by atoms with E-state index in [2.05, 4.69) is 5.32 Å². The highest BCUT2D eigenvalue weighted by Gasteiger charge is 2.40. The van der Waals surface area contributed by atoms with Crippen molar-refractivity contribution in [3.05, 3.63) is 47.9 Å². The van der Waals surface area contributed by atoms with E-state index in [1.807, 2.05) is 24.8 Å². The van der Waals surface area contributed by atoms with Crippen LogP contribution in [0.2, 0.25) is 0 Å². The van der Waals surface area contributed by atoms with Gasteiger partial charge in [-0.2, -0.15) is 0 Å². The van der Waals surface area contributed by atoms with E-state index in [1.54, 1.807) is 18.2 Å². The molecule has 2 heterocycles. The molecule has 2 aliphatic rings. The molecule has 1 amide bonds. The van der Waals surface area contributed by atoms with E-state index >= 15 is 0 Å². The highest BCUT2D eigenvalue weighted by Crippen LogP contribution is 2.28. The molecule has 0 radical (unpaired) electrons. The number of nitrogens with zero attached hydrogens (tertiary/aromatic N) is 1. The van der Waals surface area contributed by atoms with Crippen LogP contribution in [-0.4, -0.2) is 40.4 Å². The number of nitrogens with one attached hydrogen (secondary N) is 1. The molecule has 118 valence electrons. The molecule has 1 saturated heterocycles. The number of carbonyl (C=O) groups excluding carboxylic acids is 2. The molecule has 0 aromatic carbocycles. The maximum Gasteiger partial charge on any atom is 0.249 e. The van der Waals surface area contributed by atoms with E-state index in [1.165, 1.54) is 12.2 Å². The number of aliphatic hydroxyl groups excluding tert-OH is 1. The summed E-state index contributed by atoms with van der Waals surface area (Å²) in [5.74, 6) is 0.418. The first kappa shape index (κ1) is 16.2. The average molecular weight is 302 g/mol. The minimum absolute atomic E-state index is 0.0592. The first-order valence-corrected chi connectivity index (χ1v) is 7.55. The molecule has 2 rings (SSSR count). The van der Waals surface area contributed by atoms with Crippen LogP contribution in [0.15, 0.2) is 47.9 Å². The zero-order valence-corrected chi connectivity index (χ0v) is 13.0. The van der Waals surface area contributed by atoms with Gasteiger partial charge in [0.05, 0.1) is 12.1 Å². The van der Waals surface area contributed by atoms with Gasteiger partial charge >= 0.3 is 0 Å². The van der Waals surface area contributed by atoms with Crippen molar-refractivity contribution in [2.24, 2.45) is 0 Å². The molecular formula is C17H22N2O3. The highest BCUT2D eigenvalue weighted by molar-refractivity contribution is 5.99. The Morgan fingerprint density at radius 1 is 1.55 bits per heavy atom. The smallest absolute Gasteiger partial charge is 0.249 e. The number of fused-ring (bicyclic) bond motifs is 1. The van der Waals surface area contributed by atoms with Crippen LogP contribution < -0.4 is 5.32 Å². The van der Waals surface area contributed by atoms with Crippen molar-refractivity contribution in [3.63, 3.8) is 0 Å². The summed E-state index contributed by atoms with van der Waals surface area (Å²) in [7, 11) is 0. The lowest BCUT2D eigenvalue weighted by Gasteiger charge is -2.37. The van der Waals surface area contributed by atoms with Crippen LogP contribution >= 0.6 is 0 Å². The van der Waals surface area contributed by atoms with Gasteiger partial charge in [-0.05, 0) is 19.8 Å². The fraction of sp³-hybridized carbons (Fsp3) is 0.412. The molecule has 2 unspecified atom stereocenters. The molecule has 0 spiro atoms. The number of carbonyl (C=O) groups is 2. The Labute approximate surface area is 130 Å².